The molecule has 1 amide bonds. The van der Waals surface area contributed by atoms with Crippen molar-refractivity contribution in [2.24, 2.45) is 0 Å². The lowest BCUT2D eigenvalue weighted by Crippen LogP contribution is -2.44. The summed E-state index contributed by atoms with van der Waals surface area (Å²) in [7, 11) is 0. The lowest BCUT2D eigenvalue weighted by molar-refractivity contribution is -0.141. The van der Waals surface area contributed by atoms with Crippen LogP contribution >= 0.6 is 39.3 Å². The van der Waals surface area contributed by atoms with Gasteiger partial charge < -0.3 is 10.0 Å². The van der Waals surface area contributed by atoms with E-state index in [0.717, 1.165) is 0 Å². The Hall–Kier alpha value is -0.720. The molecule has 7 heteroatoms. The van der Waals surface area contributed by atoms with Gasteiger partial charge in [0.05, 0.1) is 16.0 Å². The second kappa shape index (κ2) is 5.73. The van der Waals surface area contributed by atoms with Crippen LogP contribution in [0.15, 0.2) is 22.7 Å². The number of aliphatic carboxylic acids is 1. The van der Waals surface area contributed by atoms with Crippen molar-refractivity contribution < 1.29 is 14.7 Å². The highest BCUT2D eigenvalue weighted by molar-refractivity contribution is 9.10. The zero-order chi connectivity index (χ0) is 14.2. The van der Waals surface area contributed by atoms with E-state index in [1.807, 2.05) is 6.92 Å². The Morgan fingerprint density at radius 2 is 2.21 bits per heavy atom. The molecule has 1 N–H and O–H groups in total. The lowest BCUT2D eigenvalue weighted by atomic mass is 10.1. The first-order valence-corrected chi connectivity index (χ1v) is 7.76. The van der Waals surface area contributed by atoms with E-state index in [4.69, 9.17) is 11.6 Å². The van der Waals surface area contributed by atoms with Crippen molar-refractivity contribution >= 4 is 51.2 Å². The highest BCUT2D eigenvalue weighted by atomic mass is 79.9. The van der Waals surface area contributed by atoms with E-state index in [0.29, 0.717) is 20.8 Å². The van der Waals surface area contributed by atoms with E-state index in [-0.39, 0.29) is 11.3 Å². The molecule has 1 aromatic rings. The standard InChI is InChI=1S/C12H11BrClNO3S/c1-6-15(9(5-19-6)12(17)18)11(16)7-3-2-4-8(13)10(7)14/h2-4,6,9H,5H2,1H3,(H,17,18). The van der Waals surface area contributed by atoms with Gasteiger partial charge in [-0.3, -0.25) is 4.79 Å². The maximum Gasteiger partial charge on any atom is 0.327 e. The first-order chi connectivity index (χ1) is 8.93. The second-order valence-corrected chi connectivity index (χ2v) is 6.68. The maximum atomic E-state index is 12.5. The minimum Gasteiger partial charge on any atom is -0.480 e. The third-order valence-corrected chi connectivity index (χ3v) is 5.44. The molecule has 1 saturated heterocycles. The molecule has 0 radical (unpaired) electrons. The molecule has 0 spiro atoms. The van der Waals surface area contributed by atoms with Crippen molar-refractivity contribution in [1.82, 2.24) is 4.90 Å². The average molecular weight is 365 g/mol. The fraction of sp³-hybridized carbons (Fsp3) is 0.333. The molecule has 1 fully saturated rings. The Morgan fingerprint density at radius 1 is 1.53 bits per heavy atom. The molecule has 1 aromatic carbocycles. The summed E-state index contributed by atoms with van der Waals surface area (Å²) in [6.07, 6.45) is 0. The van der Waals surface area contributed by atoms with E-state index in [1.165, 1.54) is 16.7 Å². The van der Waals surface area contributed by atoms with Crippen LogP contribution in [0.5, 0.6) is 0 Å². The van der Waals surface area contributed by atoms with Crippen molar-refractivity contribution in [3.8, 4) is 0 Å². The van der Waals surface area contributed by atoms with Crippen LogP contribution in [0.25, 0.3) is 0 Å². The summed E-state index contributed by atoms with van der Waals surface area (Å²) >= 11 is 10.8. The first kappa shape index (κ1) is 14.7. The first-order valence-electron chi connectivity index (χ1n) is 5.54. The Morgan fingerprint density at radius 3 is 2.84 bits per heavy atom. The van der Waals surface area contributed by atoms with Crippen LogP contribution in [0.1, 0.15) is 17.3 Å². The number of carboxylic acids is 1. The van der Waals surface area contributed by atoms with Crippen LogP contribution < -0.4 is 0 Å². The topological polar surface area (TPSA) is 57.6 Å². The maximum absolute atomic E-state index is 12.5. The van der Waals surface area contributed by atoms with Gasteiger partial charge in [-0.2, -0.15) is 0 Å². The smallest absolute Gasteiger partial charge is 0.327 e. The summed E-state index contributed by atoms with van der Waals surface area (Å²) in [6, 6.07) is 4.23. The number of carboxylic acid groups (broad SMARTS) is 1. The van der Waals surface area contributed by atoms with Gasteiger partial charge >= 0.3 is 5.97 Å². The quantitative estimate of drug-likeness (QED) is 0.876. The fourth-order valence-electron chi connectivity index (χ4n) is 1.95. The third kappa shape index (κ3) is 2.75. The molecule has 4 nitrogen and oxygen atoms in total. The number of thioether (sulfide) groups is 1. The van der Waals surface area contributed by atoms with Crippen LogP contribution in [0.4, 0.5) is 0 Å². The molecule has 0 aromatic heterocycles. The van der Waals surface area contributed by atoms with Crippen molar-refractivity contribution in [2.45, 2.75) is 18.3 Å². The fourth-order valence-corrected chi connectivity index (χ4v) is 3.69. The van der Waals surface area contributed by atoms with E-state index >= 15 is 0 Å². The highest BCUT2D eigenvalue weighted by Crippen LogP contribution is 2.33. The summed E-state index contributed by atoms with van der Waals surface area (Å²) in [4.78, 5) is 25.1. The van der Waals surface area contributed by atoms with Crippen LogP contribution in [-0.2, 0) is 4.79 Å². The van der Waals surface area contributed by atoms with Crippen molar-refractivity contribution in [1.29, 1.82) is 0 Å². The summed E-state index contributed by atoms with van der Waals surface area (Å²) in [6.45, 7) is 1.82. The number of amides is 1. The van der Waals surface area contributed by atoms with E-state index in [9.17, 15) is 14.7 Å². The predicted octanol–water partition coefficient (Wildman–Crippen LogP) is 3.09. The Balaban J connectivity index is 2.37. The number of carbonyl (C=O) groups excluding carboxylic acids is 1. The van der Waals surface area contributed by atoms with Gasteiger partial charge in [0.1, 0.15) is 6.04 Å². The minimum atomic E-state index is -0.990. The van der Waals surface area contributed by atoms with Crippen LogP contribution in [-0.4, -0.2) is 39.1 Å². The van der Waals surface area contributed by atoms with Crippen LogP contribution in [0, 0.1) is 0 Å². The van der Waals surface area contributed by atoms with Crippen LogP contribution in [0.2, 0.25) is 5.02 Å². The number of nitrogens with zero attached hydrogens (tertiary/aromatic N) is 1. The SMILES string of the molecule is CC1SCC(C(=O)O)N1C(=O)c1cccc(Br)c1Cl. The van der Waals surface area contributed by atoms with Crippen molar-refractivity contribution in [2.75, 3.05) is 5.75 Å². The van der Waals surface area contributed by atoms with E-state index in [2.05, 4.69) is 15.9 Å². The zero-order valence-corrected chi connectivity index (χ0v) is 13.1. The third-order valence-electron chi connectivity index (χ3n) is 2.92. The molecule has 2 rings (SSSR count). The predicted molar refractivity (Wildman–Crippen MR) is 78.7 cm³/mol. The van der Waals surface area contributed by atoms with Gasteiger partial charge in [0.25, 0.3) is 5.91 Å². The van der Waals surface area contributed by atoms with Gasteiger partial charge in [0, 0.05) is 10.2 Å². The number of halogens is 2. The summed E-state index contributed by atoms with van der Waals surface area (Å²) in [5.41, 5.74) is 0.316. The Kier molecular flexibility index (Phi) is 4.43. The number of carbonyl (C=O) groups is 2. The molecule has 1 aliphatic rings. The van der Waals surface area contributed by atoms with Gasteiger partial charge in [0.2, 0.25) is 0 Å². The monoisotopic (exact) mass is 363 g/mol. The Labute approximate surface area is 128 Å². The minimum absolute atomic E-state index is 0.177. The molecule has 0 aliphatic carbocycles. The highest BCUT2D eigenvalue weighted by Gasteiger charge is 2.40. The summed E-state index contributed by atoms with van der Waals surface area (Å²) < 4.78 is 0.617. The van der Waals surface area contributed by atoms with Gasteiger partial charge in [-0.25, -0.2) is 4.79 Å². The van der Waals surface area contributed by atoms with Gasteiger partial charge in [-0.05, 0) is 35.0 Å². The number of rotatable bonds is 2. The van der Waals surface area contributed by atoms with Crippen molar-refractivity contribution in [3.05, 3.63) is 33.3 Å². The average Bonchev–Trinajstić information content (AvgIpc) is 2.74. The van der Waals surface area contributed by atoms with Gasteiger partial charge in [0.15, 0.2) is 0 Å². The second-order valence-electron chi connectivity index (χ2n) is 4.10. The molecule has 1 aliphatic heterocycles. The van der Waals surface area contributed by atoms with E-state index in [1.54, 1.807) is 18.2 Å². The molecular weight excluding hydrogens is 354 g/mol. The lowest BCUT2D eigenvalue weighted by Gasteiger charge is -2.25. The largest absolute Gasteiger partial charge is 0.480 e. The molecule has 2 unspecified atom stereocenters. The summed E-state index contributed by atoms with van der Waals surface area (Å²) in [5.74, 6) is -0.944. The number of benzene rings is 1. The number of hydrogen-bond acceptors (Lipinski definition) is 3. The van der Waals surface area contributed by atoms with Crippen molar-refractivity contribution in [3.63, 3.8) is 0 Å². The number of hydrogen-bond donors (Lipinski definition) is 1. The molecule has 102 valence electrons. The molecule has 19 heavy (non-hydrogen) atoms. The zero-order valence-electron chi connectivity index (χ0n) is 9.97. The van der Waals surface area contributed by atoms with Crippen LogP contribution in [0.3, 0.4) is 0 Å². The molecule has 0 bridgehead atoms. The molecular formula is C12H11BrClNO3S. The molecule has 2 atom stereocenters. The normalized spacial score (nSPS) is 22.6. The molecule has 0 saturated carbocycles. The molecule has 1 heterocycles. The van der Waals surface area contributed by atoms with Gasteiger partial charge in [-0.15, -0.1) is 11.8 Å². The Bertz CT molecular complexity index is 540. The van der Waals surface area contributed by atoms with Gasteiger partial charge in [-0.1, -0.05) is 17.7 Å². The van der Waals surface area contributed by atoms with E-state index < -0.39 is 12.0 Å². The summed E-state index contributed by atoms with van der Waals surface area (Å²) in [5, 5.41) is 9.30.